The molecule has 3 aromatic carbocycles. The van der Waals surface area contributed by atoms with E-state index >= 15 is 0 Å². The first kappa shape index (κ1) is 44.6. The first-order valence-corrected chi connectivity index (χ1v) is 20.5. The van der Waals surface area contributed by atoms with Crippen LogP contribution in [0.3, 0.4) is 0 Å². The molecule has 23 nitrogen and oxygen atoms in total. The van der Waals surface area contributed by atoms with Gasteiger partial charge in [-0.05, 0) is 48.5 Å². The quantitative estimate of drug-likeness (QED) is 0.0514. The summed E-state index contributed by atoms with van der Waals surface area (Å²) in [6, 6.07) is 7.33. The molecule has 0 atom stereocenters. The predicted octanol–water partition coefficient (Wildman–Crippen LogP) is 1.43. The number of hydrogen-bond acceptors (Lipinski definition) is 19. The van der Waals surface area contributed by atoms with Gasteiger partial charge in [0, 0.05) is 29.6 Å². The van der Waals surface area contributed by atoms with Crippen molar-refractivity contribution < 1.29 is 74.0 Å². The van der Waals surface area contributed by atoms with E-state index in [1.165, 1.54) is 12.1 Å². The van der Waals surface area contributed by atoms with Gasteiger partial charge in [0.15, 0.2) is 19.7 Å². The second-order valence-corrected chi connectivity index (χ2v) is 17.4. The molecule has 279 valence electrons. The Hall–Kier alpha value is -3.52. The maximum Gasteiger partial charge on any atom is 0.397 e. The molecule has 0 spiro atoms. The van der Waals surface area contributed by atoms with Gasteiger partial charge >= 0.3 is 26.8 Å². The summed E-state index contributed by atoms with van der Waals surface area (Å²) in [6.45, 7) is -1.92. The average molecular weight is 840 g/mol. The van der Waals surface area contributed by atoms with E-state index in [1.54, 1.807) is 0 Å². The van der Waals surface area contributed by atoms with Gasteiger partial charge in [0.05, 0.1) is 57.1 Å². The number of hydrogen-bond donors (Lipinski definition) is 6. The summed E-state index contributed by atoms with van der Waals surface area (Å²) < 4.78 is 152. The number of carboxylic acid groups (broad SMARTS) is 1. The molecule has 0 saturated heterocycles. The van der Waals surface area contributed by atoms with Crippen LogP contribution in [0.2, 0.25) is 0 Å². The van der Waals surface area contributed by atoms with E-state index < -0.39 is 114 Å². The molecule has 3 aromatic rings. The van der Waals surface area contributed by atoms with Crippen LogP contribution in [0.15, 0.2) is 83.7 Å². The Kier molecular flexibility index (Phi) is 14.7. The zero-order valence-corrected chi connectivity index (χ0v) is 32.1. The van der Waals surface area contributed by atoms with Crippen LogP contribution in [0.5, 0.6) is 0 Å². The van der Waals surface area contributed by atoms with E-state index in [0.717, 1.165) is 30.3 Å². The molecule has 52 heavy (non-hydrogen) atoms. The molecule has 1 radical (unpaired) electrons. The van der Waals surface area contributed by atoms with Gasteiger partial charge in [-0.25, -0.2) is 30.0 Å². The molecule has 0 unspecified atom stereocenters. The first-order valence-electron chi connectivity index (χ1n) is 13.0. The van der Waals surface area contributed by atoms with Crippen molar-refractivity contribution in [3.8, 4) is 0 Å². The Bertz CT molecular complexity index is 2480. The van der Waals surface area contributed by atoms with Crippen molar-refractivity contribution in [2.24, 2.45) is 20.5 Å². The summed E-state index contributed by atoms with van der Waals surface area (Å²) in [5.74, 6) is -3.51. The van der Waals surface area contributed by atoms with Gasteiger partial charge in [-0.3, -0.25) is 13.7 Å². The van der Waals surface area contributed by atoms with Crippen molar-refractivity contribution in [1.29, 1.82) is 0 Å². The van der Waals surface area contributed by atoms with Crippen LogP contribution >= 0.6 is 0 Å². The number of azo groups is 2. The molecular weight excluding hydrogens is 816 g/mol. The van der Waals surface area contributed by atoms with Gasteiger partial charge in [-0.15, -0.1) is 15.3 Å². The summed E-state index contributed by atoms with van der Waals surface area (Å²) in [6.07, 6.45) is 0. The summed E-state index contributed by atoms with van der Waals surface area (Å²) in [5, 5.41) is 24.7. The Morgan fingerprint density at radius 2 is 1.13 bits per heavy atom. The van der Waals surface area contributed by atoms with Gasteiger partial charge in [0.2, 0.25) is 0 Å². The molecule has 0 bridgehead atoms. The number of carboxylic acids is 1. The smallest absolute Gasteiger partial charge is 0.397 e. The minimum atomic E-state index is -5.24. The summed E-state index contributed by atoms with van der Waals surface area (Å²) in [5.41, 5.74) is 8.64. The molecule has 0 heterocycles. The molecule has 29 heteroatoms. The number of nitrogens with two attached hydrogens (primary N) is 2. The van der Waals surface area contributed by atoms with Crippen LogP contribution in [0.4, 0.5) is 34.1 Å². The van der Waals surface area contributed by atoms with Crippen LogP contribution in [-0.2, 0) is 59.0 Å². The molecule has 0 aromatic heterocycles. The van der Waals surface area contributed by atoms with Crippen molar-refractivity contribution >= 4 is 120 Å². The SMILES string of the molecule is Nc1cc(C(=O)O)c(N=Nc2ccc(S(=O)(=O)CCOS(=O)(=O)O)cc2S(=O)(=O)O)c(N)c1N=Nc1ccc(S(=O)(=O)CCOS(=O)(=O)O)cc1.[Na]. The van der Waals surface area contributed by atoms with E-state index in [4.69, 9.17) is 20.6 Å². The fourth-order valence-corrected chi connectivity index (χ4v) is 7.45. The maximum atomic E-state index is 12.6. The number of nitrogen functional groups attached to an aromatic ring is 2. The van der Waals surface area contributed by atoms with Gasteiger partial charge in [-0.1, -0.05) is 0 Å². The molecule has 0 aliphatic heterocycles. The molecule has 0 fully saturated rings. The zero-order chi connectivity index (χ0) is 38.6. The maximum absolute atomic E-state index is 12.6. The van der Waals surface area contributed by atoms with Crippen LogP contribution in [0.25, 0.3) is 0 Å². The van der Waals surface area contributed by atoms with Gasteiger partial charge < -0.3 is 16.6 Å². The molecule has 8 N–H and O–H groups in total. The molecule has 0 aliphatic carbocycles. The third-order valence-electron chi connectivity index (χ3n) is 6.03. The predicted molar refractivity (Wildman–Crippen MR) is 178 cm³/mol. The van der Waals surface area contributed by atoms with Crippen LogP contribution in [-0.4, -0.2) is 121 Å². The Morgan fingerprint density at radius 3 is 1.62 bits per heavy atom. The standard InChI is InChI=1S/C23H24N6O17S5.Na/c24-17-12-16(23(30)31)21(20(25)22(17)29-26-13-1-3-14(4-2-13)47(32,33)9-7-45-50(39,40)41)28-27-18-6-5-15(11-19(18)49(36,37)38)48(34,35)10-8-46-51(42,43)44;/h1-6,11-12H,7-10,24-25H2,(H,30,31)(H,36,37,38)(H,39,40,41)(H,42,43,44);. The number of anilines is 2. The van der Waals surface area contributed by atoms with Crippen molar-refractivity contribution in [3.63, 3.8) is 0 Å². The fraction of sp³-hybridized carbons (Fsp3) is 0.174. The molecule has 0 saturated carbocycles. The fourth-order valence-electron chi connectivity index (χ4n) is 3.73. The number of benzene rings is 3. The summed E-state index contributed by atoms with van der Waals surface area (Å²) in [4.78, 5) is 9.78. The summed E-state index contributed by atoms with van der Waals surface area (Å²) in [7, 11) is -23.6. The van der Waals surface area contributed by atoms with E-state index in [2.05, 4.69) is 28.8 Å². The van der Waals surface area contributed by atoms with Gasteiger partial charge in [0.25, 0.3) is 10.1 Å². The molecule has 3 rings (SSSR count). The second kappa shape index (κ2) is 17.1. The van der Waals surface area contributed by atoms with E-state index in [0.29, 0.717) is 6.07 Å². The van der Waals surface area contributed by atoms with E-state index in [1.807, 2.05) is 0 Å². The average Bonchev–Trinajstić information content (AvgIpc) is 2.98. The first-order chi connectivity index (χ1) is 23.3. The molecule has 0 aliphatic rings. The number of sulfone groups is 2. The van der Waals surface area contributed by atoms with Crippen molar-refractivity contribution in [2.75, 3.05) is 36.2 Å². The summed E-state index contributed by atoms with van der Waals surface area (Å²) >= 11 is 0. The second-order valence-electron chi connectivity index (χ2n) is 9.57. The van der Waals surface area contributed by atoms with Crippen molar-refractivity contribution in [2.45, 2.75) is 14.7 Å². The zero-order valence-electron chi connectivity index (χ0n) is 26.0. The monoisotopic (exact) mass is 839 g/mol. The van der Waals surface area contributed by atoms with Gasteiger partial charge in [0.1, 0.15) is 22.0 Å². The van der Waals surface area contributed by atoms with Crippen molar-refractivity contribution in [1.82, 2.24) is 0 Å². The van der Waals surface area contributed by atoms with Crippen LogP contribution < -0.4 is 11.5 Å². The Balaban J connectivity index is 0.00000936. The number of nitrogens with zero attached hydrogens (tertiary/aromatic N) is 4. The molecule has 0 amide bonds. The Morgan fingerprint density at radius 1 is 0.654 bits per heavy atom. The van der Waals surface area contributed by atoms with Crippen LogP contribution in [0.1, 0.15) is 10.4 Å². The third kappa shape index (κ3) is 12.6. The van der Waals surface area contributed by atoms with E-state index in [9.17, 15) is 56.5 Å². The molecular formula is C23H24N6NaO17S5. The minimum Gasteiger partial charge on any atom is -0.478 e. The number of rotatable bonds is 16. The largest absolute Gasteiger partial charge is 0.478 e. The minimum absolute atomic E-state index is 0. The third-order valence-corrected chi connectivity index (χ3v) is 11.2. The van der Waals surface area contributed by atoms with Crippen LogP contribution in [0, 0.1) is 0 Å². The Labute approximate surface area is 317 Å². The number of aromatic carboxylic acids is 1. The van der Waals surface area contributed by atoms with E-state index in [-0.39, 0.29) is 51.5 Å². The van der Waals surface area contributed by atoms with Crippen molar-refractivity contribution in [3.05, 3.63) is 54.1 Å². The normalized spacial score (nSPS) is 13.0. The topological polar surface area (TPSA) is 389 Å². The number of carbonyl (C=O) groups is 1. The van der Waals surface area contributed by atoms with Gasteiger partial charge in [-0.2, -0.15) is 30.4 Å².